The number of para-hydroxylation sites is 2. The van der Waals surface area contributed by atoms with E-state index in [0.717, 1.165) is 6.54 Å². The van der Waals surface area contributed by atoms with Crippen LogP contribution >= 0.6 is 0 Å². The summed E-state index contributed by atoms with van der Waals surface area (Å²) in [6, 6.07) is 26.8. The maximum atomic E-state index is 2.50. The zero-order valence-corrected chi connectivity index (χ0v) is 21.7. The van der Waals surface area contributed by atoms with Crippen LogP contribution in [0.1, 0.15) is 19.9 Å². The van der Waals surface area contributed by atoms with Crippen LogP contribution in [-0.2, 0) is 7.05 Å². The Morgan fingerprint density at radius 1 is 0.686 bits per heavy atom. The predicted molar refractivity (Wildman–Crippen MR) is 148 cm³/mol. The molecule has 0 aliphatic carbocycles. The Labute approximate surface area is 208 Å². The number of aromatic nitrogens is 2. The summed E-state index contributed by atoms with van der Waals surface area (Å²) >= 11 is 0. The van der Waals surface area contributed by atoms with Crippen molar-refractivity contribution in [2.24, 2.45) is 13.0 Å². The molecule has 2 aromatic heterocycles. The lowest BCUT2D eigenvalue weighted by Gasteiger charge is -2.29. The molecule has 5 aromatic rings. The molecule has 0 amide bonds. The summed E-state index contributed by atoms with van der Waals surface area (Å²) in [4.78, 5) is 4.59. The van der Waals surface area contributed by atoms with Gasteiger partial charge < -0.3 is 9.80 Å². The predicted octanol–water partition coefficient (Wildman–Crippen LogP) is 5.66. The summed E-state index contributed by atoms with van der Waals surface area (Å²) in [5.41, 5.74) is 5.11. The Balaban J connectivity index is 1.60. The highest BCUT2D eigenvalue weighted by molar-refractivity contribution is 6.15. The minimum absolute atomic E-state index is 0.322. The summed E-state index contributed by atoms with van der Waals surface area (Å²) < 4.78 is 4.76. The number of benzene rings is 3. The lowest BCUT2D eigenvalue weighted by molar-refractivity contribution is -0.701. The summed E-state index contributed by atoms with van der Waals surface area (Å²) in [6.07, 6.45) is 4.41. The van der Waals surface area contributed by atoms with Crippen LogP contribution in [0, 0.1) is 5.92 Å². The summed E-state index contributed by atoms with van der Waals surface area (Å²) in [5, 5.41) is 5.16. The van der Waals surface area contributed by atoms with Crippen molar-refractivity contribution < 1.29 is 9.13 Å². The molecular weight excluding hydrogens is 428 g/mol. The van der Waals surface area contributed by atoms with Gasteiger partial charge in [-0.15, -0.1) is 0 Å². The van der Waals surface area contributed by atoms with Gasteiger partial charge in [-0.25, -0.2) is 4.57 Å². The first-order chi connectivity index (χ1) is 16.9. The minimum Gasteiger partial charge on any atom is -0.376 e. The van der Waals surface area contributed by atoms with Crippen LogP contribution in [0.4, 0.5) is 11.4 Å². The SMILES string of the molecule is CC(CN(C)c1ccccc1N(C)C)C(C)[n+]1cccc2ccc3ccc4ccc[n+](C)c4c3c21. The van der Waals surface area contributed by atoms with Crippen LogP contribution in [0.15, 0.2) is 85.2 Å². The number of pyridine rings is 2. The van der Waals surface area contributed by atoms with E-state index in [2.05, 4.69) is 146 Å². The standard InChI is InChI=1S/C31H36N4/c1-22(21-34(6)28-14-8-7-13-27(28)32(3)4)23(2)35-20-10-12-26-18-16-24-15-17-25-11-9-19-33(5)30(25)29(24)31(26)35/h7-20,22-23H,21H2,1-6H3/q+2. The van der Waals surface area contributed by atoms with Gasteiger partial charge in [0.15, 0.2) is 18.4 Å². The van der Waals surface area contributed by atoms with Gasteiger partial charge in [0.25, 0.3) is 0 Å². The number of hydrogen-bond donors (Lipinski definition) is 0. The summed E-state index contributed by atoms with van der Waals surface area (Å²) in [6.45, 7) is 5.70. The lowest BCUT2D eigenvalue weighted by atomic mass is 9.98. The molecule has 2 atom stereocenters. The fourth-order valence-electron chi connectivity index (χ4n) is 5.47. The molecule has 0 fully saturated rings. The molecule has 0 N–H and O–H groups in total. The molecule has 0 aliphatic rings. The second kappa shape index (κ2) is 9.18. The monoisotopic (exact) mass is 464 g/mol. The molecule has 0 saturated heterocycles. The molecule has 0 radical (unpaired) electrons. The van der Waals surface area contributed by atoms with E-state index < -0.39 is 0 Å². The first-order valence-corrected chi connectivity index (χ1v) is 12.5. The van der Waals surface area contributed by atoms with Gasteiger partial charge in [-0.05, 0) is 48.7 Å². The molecule has 0 aliphatic heterocycles. The molecule has 0 spiro atoms. The van der Waals surface area contributed by atoms with E-state index in [0.29, 0.717) is 12.0 Å². The van der Waals surface area contributed by atoms with Crippen LogP contribution < -0.4 is 18.9 Å². The van der Waals surface area contributed by atoms with Crippen LogP contribution in [-0.4, -0.2) is 27.7 Å². The Kier molecular flexibility index (Phi) is 6.06. The maximum Gasteiger partial charge on any atom is 0.227 e. The van der Waals surface area contributed by atoms with Gasteiger partial charge >= 0.3 is 0 Å². The minimum atomic E-state index is 0.322. The average Bonchev–Trinajstić information content (AvgIpc) is 2.87. The molecule has 0 bridgehead atoms. The fourth-order valence-corrected chi connectivity index (χ4v) is 5.47. The molecule has 0 saturated carbocycles. The van der Waals surface area contributed by atoms with Gasteiger partial charge in [-0.2, -0.15) is 4.57 Å². The highest BCUT2D eigenvalue weighted by atomic mass is 15.2. The molecular formula is C31H36N4+2. The second-order valence-corrected chi connectivity index (χ2v) is 10.1. The largest absolute Gasteiger partial charge is 0.376 e. The number of anilines is 2. The van der Waals surface area contributed by atoms with Crippen molar-refractivity contribution in [3.05, 3.63) is 85.2 Å². The van der Waals surface area contributed by atoms with E-state index in [1.54, 1.807) is 0 Å². The zero-order chi connectivity index (χ0) is 24.7. The van der Waals surface area contributed by atoms with Crippen molar-refractivity contribution in [1.29, 1.82) is 0 Å². The van der Waals surface area contributed by atoms with E-state index in [1.165, 1.54) is 44.0 Å². The highest BCUT2D eigenvalue weighted by Crippen LogP contribution is 2.31. The Morgan fingerprint density at radius 3 is 1.97 bits per heavy atom. The van der Waals surface area contributed by atoms with Crippen molar-refractivity contribution in [2.75, 3.05) is 37.5 Å². The first kappa shape index (κ1) is 23.1. The average molecular weight is 465 g/mol. The van der Waals surface area contributed by atoms with Crippen molar-refractivity contribution in [3.8, 4) is 0 Å². The van der Waals surface area contributed by atoms with Gasteiger partial charge in [0.05, 0.1) is 11.4 Å². The van der Waals surface area contributed by atoms with Gasteiger partial charge in [0.2, 0.25) is 11.0 Å². The van der Waals surface area contributed by atoms with Gasteiger partial charge in [0, 0.05) is 56.5 Å². The highest BCUT2D eigenvalue weighted by Gasteiger charge is 2.28. The third kappa shape index (κ3) is 4.07. The van der Waals surface area contributed by atoms with Gasteiger partial charge in [-0.3, -0.25) is 0 Å². The molecule has 2 heterocycles. The van der Waals surface area contributed by atoms with Crippen LogP contribution in [0.3, 0.4) is 0 Å². The Hall–Kier alpha value is -3.66. The lowest BCUT2D eigenvalue weighted by Crippen LogP contribution is -2.44. The zero-order valence-electron chi connectivity index (χ0n) is 21.7. The molecule has 4 heteroatoms. The third-order valence-corrected chi connectivity index (χ3v) is 7.51. The molecule has 178 valence electrons. The normalized spacial score (nSPS) is 13.3. The van der Waals surface area contributed by atoms with E-state index in [1.807, 2.05) is 0 Å². The van der Waals surface area contributed by atoms with Crippen LogP contribution in [0.2, 0.25) is 0 Å². The maximum absolute atomic E-state index is 2.50. The van der Waals surface area contributed by atoms with Crippen molar-refractivity contribution in [2.45, 2.75) is 19.9 Å². The summed E-state index contributed by atoms with van der Waals surface area (Å²) in [5.74, 6) is 0.435. The number of nitrogens with zero attached hydrogens (tertiary/aromatic N) is 4. The first-order valence-electron chi connectivity index (χ1n) is 12.5. The Bertz CT molecular complexity index is 1520. The van der Waals surface area contributed by atoms with Crippen molar-refractivity contribution in [1.82, 2.24) is 0 Å². The molecule has 4 nitrogen and oxygen atoms in total. The third-order valence-electron chi connectivity index (χ3n) is 7.51. The van der Waals surface area contributed by atoms with Crippen LogP contribution in [0.5, 0.6) is 0 Å². The van der Waals surface area contributed by atoms with Gasteiger partial charge in [0.1, 0.15) is 12.4 Å². The fraction of sp³-hybridized carbons (Fsp3) is 0.290. The Morgan fingerprint density at radius 2 is 1.29 bits per heavy atom. The van der Waals surface area contributed by atoms with E-state index in [9.17, 15) is 0 Å². The smallest absolute Gasteiger partial charge is 0.227 e. The molecule has 2 unspecified atom stereocenters. The van der Waals surface area contributed by atoms with Crippen molar-refractivity contribution >= 4 is 44.0 Å². The topological polar surface area (TPSA) is 14.2 Å². The summed E-state index contributed by atoms with van der Waals surface area (Å²) in [7, 11) is 8.58. The molecule has 5 rings (SSSR count). The number of aryl methyl sites for hydroxylation is 1. The van der Waals surface area contributed by atoms with E-state index in [-0.39, 0.29) is 0 Å². The number of hydrogen-bond acceptors (Lipinski definition) is 2. The van der Waals surface area contributed by atoms with Crippen LogP contribution in [0.25, 0.3) is 32.6 Å². The van der Waals surface area contributed by atoms with Gasteiger partial charge in [-0.1, -0.05) is 31.2 Å². The second-order valence-electron chi connectivity index (χ2n) is 10.1. The van der Waals surface area contributed by atoms with E-state index in [4.69, 9.17) is 0 Å². The number of rotatable bonds is 6. The number of fused-ring (bicyclic) bond motifs is 5. The molecule has 3 aromatic carbocycles. The van der Waals surface area contributed by atoms with Crippen molar-refractivity contribution in [3.63, 3.8) is 0 Å². The quantitative estimate of drug-likeness (QED) is 0.238. The molecule has 35 heavy (non-hydrogen) atoms. The van der Waals surface area contributed by atoms with E-state index >= 15 is 0 Å².